The van der Waals surface area contributed by atoms with Gasteiger partial charge in [-0.05, 0) is 18.1 Å². The van der Waals surface area contributed by atoms with Crippen molar-refractivity contribution in [3.05, 3.63) is 60.1 Å². The van der Waals surface area contributed by atoms with Gasteiger partial charge in [-0.1, -0.05) is 37.3 Å². The Balaban J connectivity index is 1.63. The van der Waals surface area contributed by atoms with Crippen LogP contribution in [0, 0.1) is 0 Å². The molecule has 25 heavy (non-hydrogen) atoms. The van der Waals surface area contributed by atoms with E-state index in [0.29, 0.717) is 18.7 Å². The van der Waals surface area contributed by atoms with E-state index in [-0.39, 0.29) is 17.2 Å². The van der Waals surface area contributed by atoms with Crippen LogP contribution in [0.5, 0.6) is 0 Å². The normalized spacial score (nSPS) is 19.8. The molecule has 2 amide bonds. The third-order valence-electron chi connectivity index (χ3n) is 4.28. The van der Waals surface area contributed by atoms with Crippen LogP contribution in [0.4, 0.5) is 0 Å². The molecule has 0 saturated carbocycles. The SMILES string of the molecule is CCC(=O)N1[C@@H](C(=O)NCCc2ccccc2)CS[C@@H]1c1ccoc1. The van der Waals surface area contributed by atoms with E-state index in [1.807, 2.05) is 43.3 Å². The Bertz CT molecular complexity index is 703. The van der Waals surface area contributed by atoms with E-state index in [9.17, 15) is 9.59 Å². The van der Waals surface area contributed by atoms with Gasteiger partial charge in [0, 0.05) is 24.3 Å². The lowest BCUT2D eigenvalue weighted by molar-refractivity contribution is -0.139. The Hall–Kier alpha value is -2.21. The number of rotatable bonds is 6. The number of nitrogens with one attached hydrogen (secondary N) is 1. The second kappa shape index (κ2) is 8.25. The minimum absolute atomic E-state index is 0.0144. The van der Waals surface area contributed by atoms with Crippen molar-refractivity contribution in [1.82, 2.24) is 10.2 Å². The maximum atomic E-state index is 12.6. The van der Waals surface area contributed by atoms with Crippen molar-refractivity contribution >= 4 is 23.6 Å². The lowest BCUT2D eigenvalue weighted by atomic mass is 10.1. The van der Waals surface area contributed by atoms with Gasteiger partial charge in [0.2, 0.25) is 11.8 Å². The highest BCUT2D eigenvalue weighted by molar-refractivity contribution is 7.99. The maximum Gasteiger partial charge on any atom is 0.243 e. The van der Waals surface area contributed by atoms with Gasteiger partial charge < -0.3 is 14.6 Å². The predicted octanol–water partition coefficient (Wildman–Crippen LogP) is 2.99. The number of amides is 2. The molecule has 2 heterocycles. The molecule has 1 fully saturated rings. The fourth-order valence-electron chi connectivity index (χ4n) is 2.96. The molecule has 3 rings (SSSR count). The van der Waals surface area contributed by atoms with Crippen LogP contribution < -0.4 is 5.32 Å². The van der Waals surface area contributed by atoms with E-state index in [4.69, 9.17) is 4.42 Å². The van der Waals surface area contributed by atoms with Crippen molar-refractivity contribution in [2.45, 2.75) is 31.2 Å². The summed E-state index contributed by atoms with van der Waals surface area (Å²) in [5, 5.41) is 2.82. The second-order valence-electron chi connectivity index (χ2n) is 5.94. The Labute approximate surface area is 151 Å². The van der Waals surface area contributed by atoms with Gasteiger partial charge in [-0.3, -0.25) is 9.59 Å². The van der Waals surface area contributed by atoms with Crippen molar-refractivity contribution in [1.29, 1.82) is 0 Å². The largest absolute Gasteiger partial charge is 0.472 e. The molecule has 132 valence electrons. The number of thioether (sulfide) groups is 1. The molecule has 5 nitrogen and oxygen atoms in total. The first-order chi connectivity index (χ1) is 12.2. The van der Waals surface area contributed by atoms with Crippen molar-refractivity contribution < 1.29 is 14.0 Å². The average Bonchev–Trinajstić information content (AvgIpc) is 3.31. The van der Waals surface area contributed by atoms with Crippen LogP contribution in [0.15, 0.2) is 53.3 Å². The van der Waals surface area contributed by atoms with E-state index in [2.05, 4.69) is 5.32 Å². The molecule has 2 aromatic rings. The number of carbonyl (C=O) groups excluding carboxylic acids is 2. The van der Waals surface area contributed by atoms with Crippen LogP contribution in [0.2, 0.25) is 0 Å². The Morgan fingerprint density at radius 1 is 1.28 bits per heavy atom. The molecule has 6 heteroatoms. The van der Waals surface area contributed by atoms with Gasteiger partial charge in [0.05, 0.1) is 12.5 Å². The van der Waals surface area contributed by atoms with E-state index in [1.54, 1.807) is 29.2 Å². The van der Waals surface area contributed by atoms with Gasteiger partial charge >= 0.3 is 0 Å². The summed E-state index contributed by atoms with van der Waals surface area (Å²) in [6.45, 7) is 2.39. The zero-order valence-electron chi connectivity index (χ0n) is 14.2. The average molecular weight is 358 g/mol. The van der Waals surface area contributed by atoms with Crippen LogP contribution in [0.3, 0.4) is 0 Å². The quantitative estimate of drug-likeness (QED) is 0.862. The minimum Gasteiger partial charge on any atom is -0.472 e. The number of furan rings is 1. The third kappa shape index (κ3) is 4.07. The summed E-state index contributed by atoms with van der Waals surface area (Å²) in [6, 6.07) is 11.4. The lowest BCUT2D eigenvalue weighted by Gasteiger charge is -2.28. The Morgan fingerprint density at radius 2 is 2.08 bits per heavy atom. The van der Waals surface area contributed by atoms with Crippen LogP contribution in [0.1, 0.15) is 29.8 Å². The van der Waals surface area contributed by atoms with Gasteiger partial charge in [-0.15, -0.1) is 11.8 Å². The molecule has 2 atom stereocenters. The van der Waals surface area contributed by atoms with Gasteiger partial charge in [0.25, 0.3) is 0 Å². The molecule has 0 bridgehead atoms. The Kier molecular flexibility index (Phi) is 5.81. The van der Waals surface area contributed by atoms with E-state index in [1.165, 1.54) is 5.56 Å². The number of hydrogen-bond donors (Lipinski definition) is 1. The molecule has 1 aromatic heterocycles. The first kappa shape index (κ1) is 17.6. The highest BCUT2D eigenvalue weighted by Crippen LogP contribution is 2.41. The van der Waals surface area contributed by atoms with Crippen molar-refractivity contribution in [2.75, 3.05) is 12.3 Å². The van der Waals surface area contributed by atoms with E-state index >= 15 is 0 Å². The van der Waals surface area contributed by atoms with Crippen LogP contribution >= 0.6 is 11.8 Å². The topological polar surface area (TPSA) is 62.6 Å². The number of benzene rings is 1. The highest BCUT2D eigenvalue weighted by Gasteiger charge is 2.41. The highest BCUT2D eigenvalue weighted by atomic mass is 32.2. The Morgan fingerprint density at radius 3 is 2.76 bits per heavy atom. The summed E-state index contributed by atoms with van der Waals surface area (Å²) in [5.74, 6) is 0.495. The fourth-order valence-corrected chi connectivity index (χ4v) is 4.39. The molecule has 0 unspecified atom stereocenters. The molecule has 1 aromatic carbocycles. The summed E-state index contributed by atoms with van der Waals surface area (Å²) in [6.07, 6.45) is 4.39. The van der Waals surface area contributed by atoms with Gasteiger partial charge in [-0.2, -0.15) is 0 Å². The number of nitrogens with zero attached hydrogens (tertiary/aromatic N) is 1. The van der Waals surface area contributed by atoms with Gasteiger partial charge in [0.15, 0.2) is 0 Å². The van der Waals surface area contributed by atoms with Crippen LogP contribution in [0.25, 0.3) is 0 Å². The van der Waals surface area contributed by atoms with Crippen LogP contribution in [-0.4, -0.2) is 35.1 Å². The molecular weight excluding hydrogens is 336 g/mol. The first-order valence-corrected chi connectivity index (χ1v) is 9.52. The predicted molar refractivity (Wildman–Crippen MR) is 98.0 cm³/mol. The molecule has 0 aliphatic carbocycles. The maximum absolute atomic E-state index is 12.6. The zero-order chi connectivity index (χ0) is 17.6. The molecule has 1 aliphatic heterocycles. The summed E-state index contributed by atoms with van der Waals surface area (Å²) in [5.41, 5.74) is 2.10. The van der Waals surface area contributed by atoms with Gasteiger partial charge in [0.1, 0.15) is 11.4 Å². The smallest absolute Gasteiger partial charge is 0.243 e. The zero-order valence-corrected chi connectivity index (χ0v) is 15.0. The monoisotopic (exact) mass is 358 g/mol. The summed E-state index contributed by atoms with van der Waals surface area (Å²) >= 11 is 1.60. The molecular formula is C19H22N2O3S. The standard InChI is InChI=1S/C19H22N2O3S/c1-2-17(22)21-16(13-25-19(21)15-9-11-24-12-15)18(23)20-10-8-14-6-4-3-5-7-14/h3-7,9,11-12,16,19H,2,8,10,13H2,1H3,(H,20,23)/t16-,19-/m1/s1. The molecule has 1 N–H and O–H groups in total. The van der Waals surface area contributed by atoms with E-state index in [0.717, 1.165) is 12.0 Å². The summed E-state index contributed by atoms with van der Waals surface area (Å²) in [7, 11) is 0. The summed E-state index contributed by atoms with van der Waals surface area (Å²) < 4.78 is 5.15. The third-order valence-corrected chi connectivity index (χ3v) is 5.60. The number of carbonyl (C=O) groups is 2. The summed E-state index contributed by atoms with van der Waals surface area (Å²) in [4.78, 5) is 26.8. The van der Waals surface area contributed by atoms with Gasteiger partial charge in [-0.25, -0.2) is 0 Å². The second-order valence-corrected chi connectivity index (χ2v) is 7.05. The number of hydrogen-bond acceptors (Lipinski definition) is 4. The van der Waals surface area contributed by atoms with E-state index < -0.39 is 6.04 Å². The van der Waals surface area contributed by atoms with Crippen molar-refractivity contribution in [2.24, 2.45) is 0 Å². The van der Waals surface area contributed by atoms with Crippen molar-refractivity contribution in [3.8, 4) is 0 Å². The van der Waals surface area contributed by atoms with Crippen molar-refractivity contribution in [3.63, 3.8) is 0 Å². The minimum atomic E-state index is -0.437. The lowest BCUT2D eigenvalue weighted by Crippen LogP contribution is -2.48. The van der Waals surface area contributed by atoms with Crippen LogP contribution in [-0.2, 0) is 16.0 Å². The molecule has 1 saturated heterocycles. The fraction of sp³-hybridized carbons (Fsp3) is 0.368. The molecule has 1 aliphatic rings. The first-order valence-electron chi connectivity index (χ1n) is 8.47. The molecule has 0 radical (unpaired) electrons. The molecule has 0 spiro atoms.